The minimum Gasteiger partial charge on any atom is -0.478 e. The average molecular weight is 426 g/mol. The van der Waals surface area contributed by atoms with E-state index in [9.17, 15) is 24.5 Å². The molecule has 2 aliphatic heterocycles. The Morgan fingerprint density at radius 1 is 1.17 bits per heavy atom. The van der Waals surface area contributed by atoms with Crippen LogP contribution < -0.4 is 0 Å². The van der Waals surface area contributed by atoms with Gasteiger partial charge in [0.25, 0.3) is 5.69 Å². The summed E-state index contributed by atoms with van der Waals surface area (Å²) in [7, 11) is 0. The maximum absolute atomic E-state index is 12.8. The zero-order valence-corrected chi connectivity index (χ0v) is 16.1. The summed E-state index contributed by atoms with van der Waals surface area (Å²) in [4.78, 5) is 48.1. The largest absolute Gasteiger partial charge is 0.478 e. The molecular formula is C20H14N2O7S. The number of rotatable bonds is 6. The Bertz CT molecular complexity index is 1090. The van der Waals surface area contributed by atoms with Crippen molar-refractivity contribution in [3.63, 3.8) is 0 Å². The van der Waals surface area contributed by atoms with Crippen molar-refractivity contribution in [2.45, 2.75) is 18.4 Å². The molecular weight excluding hydrogens is 412 g/mol. The number of carbonyl (C=O) groups excluding carboxylic acids is 2. The third kappa shape index (κ3) is 3.52. The first-order chi connectivity index (χ1) is 14.3. The fourth-order valence-corrected chi connectivity index (χ4v) is 4.53. The third-order valence-electron chi connectivity index (χ3n) is 4.72. The van der Waals surface area contributed by atoms with Gasteiger partial charge in [0.05, 0.1) is 22.3 Å². The number of ether oxygens (including phenoxy) is 1. The predicted molar refractivity (Wildman–Crippen MR) is 106 cm³/mol. The summed E-state index contributed by atoms with van der Waals surface area (Å²) in [6.07, 6.45) is 0.306. The molecule has 9 nitrogen and oxygen atoms in total. The van der Waals surface area contributed by atoms with Crippen molar-refractivity contribution in [3.8, 4) is 0 Å². The Kier molecular flexibility index (Phi) is 5.00. The smallest absolute Gasteiger partial charge is 0.356 e. The summed E-state index contributed by atoms with van der Waals surface area (Å²) < 4.78 is 5.36. The van der Waals surface area contributed by atoms with Crippen LogP contribution in [0, 0.1) is 10.1 Å². The third-order valence-corrected chi connectivity index (χ3v) is 6.03. The van der Waals surface area contributed by atoms with Gasteiger partial charge in [-0.05, 0) is 35.4 Å². The quantitative estimate of drug-likeness (QED) is 0.323. The van der Waals surface area contributed by atoms with Gasteiger partial charge in [0.1, 0.15) is 12.3 Å². The molecule has 2 aromatic rings. The van der Waals surface area contributed by atoms with Crippen LogP contribution in [-0.4, -0.2) is 38.1 Å². The first-order valence-electron chi connectivity index (χ1n) is 8.82. The molecule has 0 unspecified atom stereocenters. The molecule has 1 N–H and O–H groups in total. The van der Waals surface area contributed by atoms with Gasteiger partial charge in [-0.25, -0.2) is 9.59 Å². The van der Waals surface area contributed by atoms with Gasteiger partial charge in [-0.15, -0.1) is 0 Å². The standard InChI is InChI=1S/C20H14N2O7S/c23-15-9-16-21(15)17(18(30-16)12-3-5-13(6-4-12)19(24)25)20(26)29-10-11-1-7-14(8-2-11)22(27)28/h1-8,16H,9-10H2,(H,24,25)/t16-/m0/s1. The van der Waals surface area contributed by atoms with Crippen LogP contribution >= 0.6 is 11.8 Å². The lowest BCUT2D eigenvalue weighted by atomic mass is 10.1. The van der Waals surface area contributed by atoms with Crippen molar-refractivity contribution in [1.29, 1.82) is 0 Å². The number of carbonyl (C=O) groups is 3. The number of nitro benzene ring substituents is 1. The van der Waals surface area contributed by atoms with Crippen LogP contribution in [0.1, 0.15) is 27.9 Å². The first kappa shape index (κ1) is 19.6. The number of amides is 1. The molecule has 0 radical (unpaired) electrons. The molecule has 30 heavy (non-hydrogen) atoms. The van der Waals surface area contributed by atoms with Gasteiger partial charge in [0.2, 0.25) is 5.91 Å². The topological polar surface area (TPSA) is 127 Å². The van der Waals surface area contributed by atoms with Crippen molar-refractivity contribution in [2.75, 3.05) is 0 Å². The zero-order valence-electron chi connectivity index (χ0n) is 15.3. The van der Waals surface area contributed by atoms with Crippen LogP contribution in [0.2, 0.25) is 0 Å². The predicted octanol–water partition coefficient (Wildman–Crippen LogP) is 3.01. The zero-order chi connectivity index (χ0) is 21.4. The van der Waals surface area contributed by atoms with E-state index in [1.165, 1.54) is 53.1 Å². The molecule has 0 aromatic heterocycles. The number of nitro groups is 1. The Balaban J connectivity index is 1.57. The molecule has 2 aromatic carbocycles. The normalized spacial score (nSPS) is 17.4. The number of hydrogen-bond donors (Lipinski definition) is 1. The summed E-state index contributed by atoms with van der Waals surface area (Å²) in [6, 6.07) is 11.7. The highest BCUT2D eigenvalue weighted by Crippen LogP contribution is 2.50. The highest BCUT2D eigenvalue weighted by Gasteiger charge is 2.49. The van der Waals surface area contributed by atoms with Crippen LogP contribution in [0.25, 0.3) is 4.91 Å². The molecule has 0 bridgehead atoms. The molecule has 0 aliphatic carbocycles. The van der Waals surface area contributed by atoms with E-state index in [1.54, 1.807) is 12.1 Å². The second-order valence-electron chi connectivity index (χ2n) is 6.60. The second kappa shape index (κ2) is 7.64. The van der Waals surface area contributed by atoms with E-state index in [-0.39, 0.29) is 34.8 Å². The maximum atomic E-state index is 12.8. The molecule has 0 spiro atoms. The number of hydrogen-bond acceptors (Lipinski definition) is 7. The number of non-ortho nitro benzene ring substituents is 1. The van der Waals surface area contributed by atoms with Gasteiger partial charge in [0.15, 0.2) is 0 Å². The van der Waals surface area contributed by atoms with E-state index >= 15 is 0 Å². The van der Waals surface area contributed by atoms with Gasteiger partial charge in [-0.1, -0.05) is 23.9 Å². The fraction of sp³-hybridized carbons (Fsp3) is 0.150. The van der Waals surface area contributed by atoms with Gasteiger partial charge in [-0.3, -0.25) is 19.8 Å². The van der Waals surface area contributed by atoms with Crippen molar-refractivity contribution in [1.82, 2.24) is 4.90 Å². The highest BCUT2D eigenvalue weighted by atomic mass is 32.2. The minimum absolute atomic E-state index is 0.0684. The van der Waals surface area contributed by atoms with E-state index in [0.717, 1.165) is 0 Å². The number of esters is 1. The van der Waals surface area contributed by atoms with E-state index in [1.807, 2.05) is 0 Å². The van der Waals surface area contributed by atoms with Crippen molar-refractivity contribution in [2.24, 2.45) is 0 Å². The van der Waals surface area contributed by atoms with E-state index in [4.69, 9.17) is 9.84 Å². The van der Waals surface area contributed by atoms with Crippen molar-refractivity contribution in [3.05, 3.63) is 81.0 Å². The van der Waals surface area contributed by atoms with Crippen LogP contribution in [0.5, 0.6) is 0 Å². The van der Waals surface area contributed by atoms with E-state index in [2.05, 4.69) is 0 Å². The summed E-state index contributed by atoms with van der Waals surface area (Å²) >= 11 is 1.36. The van der Waals surface area contributed by atoms with Crippen LogP contribution in [-0.2, 0) is 20.9 Å². The Morgan fingerprint density at radius 3 is 2.40 bits per heavy atom. The SMILES string of the molecule is O=C(OCc1ccc([N+](=O)[O-])cc1)C1=C(c2ccc(C(=O)O)cc2)S[C@H]2CC(=O)N12. The molecule has 2 heterocycles. The van der Waals surface area contributed by atoms with Gasteiger partial charge in [0, 0.05) is 17.0 Å². The lowest BCUT2D eigenvalue weighted by Crippen LogP contribution is -2.48. The minimum atomic E-state index is -1.06. The lowest BCUT2D eigenvalue weighted by Gasteiger charge is -2.34. The Morgan fingerprint density at radius 2 is 1.83 bits per heavy atom. The Hall–Kier alpha value is -3.66. The number of benzene rings is 2. The average Bonchev–Trinajstić information content (AvgIpc) is 3.05. The van der Waals surface area contributed by atoms with Gasteiger partial charge in [-0.2, -0.15) is 0 Å². The molecule has 0 saturated carbocycles. The second-order valence-corrected chi connectivity index (χ2v) is 7.79. The summed E-state index contributed by atoms with van der Waals surface area (Å²) in [5.74, 6) is -1.93. The number of thioether (sulfide) groups is 1. The number of fused-ring (bicyclic) bond motifs is 1. The monoisotopic (exact) mass is 426 g/mol. The van der Waals surface area contributed by atoms with Crippen LogP contribution in [0.15, 0.2) is 54.2 Å². The molecule has 1 fully saturated rings. The fourth-order valence-electron chi connectivity index (χ4n) is 3.14. The molecule has 4 rings (SSSR count). The van der Waals surface area contributed by atoms with Crippen LogP contribution in [0.3, 0.4) is 0 Å². The highest BCUT2D eigenvalue weighted by molar-refractivity contribution is 8.09. The number of carboxylic acids is 1. The van der Waals surface area contributed by atoms with Crippen LogP contribution in [0.4, 0.5) is 5.69 Å². The van der Waals surface area contributed by atoms with Crippen molar-refractivity contribution >= 4 is 40.2 Å². The number of carboxylic acid groups (broad SMARTS) is 1. The molecule has 2 aliphatic rings. The molecule has 1 amide bonds. The summed E-state index contributed by atoms with van der Waals surface area (Å²) in [5.41, 5.74) is 1.37. The number of nitrogens with zero attached hydrogens (tertiary/aromatic N) is 2. The van der Waals surface area contributed by atoms with E-state index < -0.39 is 16.9 Å². The Labute approximate surface area is 174 Å². The van der Waals surface area contributed by atoms with Gasteiger partial charge >= 0.3 is 11.9 Å². The molecule has 10 heteroatoms. The maximum Gasteiger partial charge on any atom is 0.356 e. The van der Waals surface area contributed by atoms with Gasteiger partial charge < -0.3 is 9.84 Å². The summed E-state index contributed by atoms with van der Waals surface area (Å²) in [5, 5.41) is 19.6. The van der Waals surface area contributed by atoms with E-state index in [0.29, 0.717) is 22.5 Å². The number of β-lactam (4-membered cyclic amide) rings is 1. The summed E-state index contributed by atoms with van der Waals surface area (Å²) in [6.45, 7) is -0.108. The first-order valence-corrected chi connectivity index (χ1v) is 9.70. The molecule has 152 valence electrons. The molecule has 1 saturated heterocycles. The van der Waals surface area contributed by atoms with Crippen molar-refractivity contribution < 1.29 is 29.2 Å². The molecule has 1 atom stereocenters. The number of aromatic carboxylic acids is 1. The lowest BCUT2D eigenvalue weighted by molar-refractivity contribution is -0.384.